The van der Waals surface area contributed by atoms with Gasteiger partial charge in [0.1, 0.15) is 5.82 Å². The highest BCUT2D eigenvalue weighted by atomic mass is 32.1. The molecule has 1 fully saturated rings. The van der Waals surface area contributed by atoms with E-state index < -0.39 is 0 Å². The van der Waals surface area contributed by atoms with Crippen molar-refractivity contribution in [2.45, 2.75) is 0 Å². The predicted octanol–water partition coefficient (Wildman–Crippen LogP) is 1.44. The van der Waals surface area contributed by atoms with Crippen LogP contribution in [0.3, 0.4) is 0 Å². The van der Waals surface area contributed by atoms with Crippen LogP contribution >= 0.6 is 12.2 Å². The number of ether oxygens (including phenoxy) is 1. The van der Waals surface area contributed by atoms with Crippen molar-refractivity contribution in [3.8, 4) is 0 Å². The highest BCUT2D eigenvalue weighted by molar-refractivity contribution is 7.80. The Morgan fingerprint density at radius 2 is 2.05 bits per heavy atom. The molecule has 0 aromatic heterocycles. The summed E-state index contributed by atoms with van der Waals surface area (Å²) in [7, 11) is 0. The van der Waals surface area contributed by atoms with E-state index in [0.717, 1.165) is 39.4 Å². The van der Waals surface area contributed by atoms with E-state index in [1.165, 1.54) is 6.07 Å². The highest BCUT2D eigenvalue weighted by Crippen LogP contribution is 2.11. The molecule has 0 radical (unpaired) electrons. The molecule has 104 valence electrons. The fourth-order valence-electron chi connectivity index (χ4n) is 1.88. The molecule has 0 atom stereocenters. The first kappa shape index (κ1) is 14.2. The largest absolute Gasteiger partial charge is 0.379 e. The zero-order chi connectivity index (χ0) is 13.5. The second kappa shape index (κ2) is 7.37. The average Bonchev–Trinajstić information content (AvgIpc) is 2.43. The van der Waals surface area contributed by atoms with E-state index in [1.807, 2.05) is 0 Å². The molecular weight excluding hydrogens is 265 g/mol. The van der Waals surface area contributed by atoms with Crippen LogP contribution in [0, 0.1) is 5.82 Å². The molecule has 2 N–H and O–H groups in total. The molecule has 19 heavy (non-hydrogen) atoms. The lowest BCUT2D eigenvalue weighted by molar-refractivity contribution is 0.0389. The molecule has 1 aliphatic rings. The van der Waals surface area contributed by atoms with E-state index >= 15 is 0 Å². The summed E-state index contributed by atoms with van der Waals surface area (Å²) in [6.07, 6.45) is 0. The SMILES string of the molecule is Fc1ccccc1NC(=S)NCCN1CCOCC1. The van der Waals surface area contributed by atoms with Crippen molar-refractivity contribution in [3.63, 3.8) is 0 Å². The van der Waals surface area contributed by atoms with Gasteiger partial charge in [-0.05, 0) is 24.4 Å². The first-order chi connectivity index (χ1) is 9.25. The Morgan fingerprint density at radius 1 is 1.32 bits per heavy atom. The molecule has 1 aliphatic heterocycles. The predicted molar refractivity (Wildman–Crippen MR) is 77.9 cm³/mol. The number of para-hydroxylation sites is 1. The standard InChI is InChI=1S/C13H18FN3OS/c14-11-3-1-2-4-12(11)16-13(19)15-5-6-17-7-9-18-10-8-17/h1-4H,5-10H2,(H2,15,16,19). The van der Waals surface area contributed by atoms with Gasteiger partial charge in [0, 0.05) is 26.2 Å². The van der Waals surface area contributed by atoms with E-state index in [2.05, 4.69) is 15.5 Å². The number of halogens is 1. The van der Waals surface area contributed by atoms with E-state index in [1.54, 1.807) is 18.2 Å². The quantitative estimate of drug-likeness (QED) is 0.818. The molecule has 0 aliphatic carbocycles. The van der Waals surface area contributed by atoms with Gasteiger partial charge in [-0.1, -0.05) is 12.1 Å². The third-order valence-electron chi connectivity index (χ3n) is 2.94. The van der Waals surface area contributed by atoms with Gasteiger partial charge >= 0.3 is 0 Å². The summed E-state index contributed by atoms with van der Waals surface area (Å²) in [6.45, 7) is 5.13. The lowest BCUT2D eigenvalue weighted by Gasteiger charge is -2.26. The maximum atomic E-state index is 13.4. The second-order valence-electron chi connectivity index (χ2n) is 4.31. The molecule has 4 nitrogen and oxygen atoms in total. The Labute approximate surface area is 117 Å². The summed E-state index contributed by atoms with van der Waals surface area (Å²) in [4.78, 5) is 2.31. The second-order valence-corrected chi connectivity index (χ2v) is 4.72. The van der Waals surface area contributed by atoms with Gasteiger partial charge in [-0.15, -0.1) is 0 Å². The van der Waals surface area contributed by atoms with Crippen molar-refractivity contribution in [2.75, 3.05) is 44.7 Å². The molecule has 1 heterocycles. The first-order valence-corrected chi connectivity index (χ1v) is 6.76. The summed E-state index contributed by atoms with van der Waals surface area (Å²) in [5.41, 5.74) is 0.395. The van der Waals surface area contributed by atoms with E-state index in [4.69, 9.17) is 17.0 Å². The maximum absolute atomic E-state index is 13.4. The van der Waals surface area contributed by atoms with Gasteiger partial charge < -0.3 is 15.4 Å². The van der Waals surface area contributed by atoms with Crippen LogP contribution in [0.4, 0.5) is 10.1 Å². The normalized spacial score (nSPS) is 16.1. The number of benzene rings is 1. The number of nitrogens with zero attached hydrogens (tertiary/aromatic N) is 1. The zero-order valence-electron chi connectivity index (χ0n) is 10.7. The minimum atomic E-state index is -0.306. The number of rotatable bonds is 4. The smallest absolute Gasteiger partial charge is 0.170 e. The Kier molecular flexibility index (Phi) is 5.50. The average molecular weight is 283 g/mol. The van der Waals surface area contributed by atoms with Crippen LogP contribution in [0.25, 0.3) is 0 Å². The summed E-state index contributed by atoms with van der Waals surface area (Å²) in [6, 6.07) is 6.47. The molecular formula is C13H18FN3OS. The van der Waals surface area contributed by atoms with Gasteiger partial charge in [0.25, 0.3) is 0 Å². The summed E-state index contributed by atoms with van der Waals surface area (Å²) in [5, 5.41) is 6.37. The Morgan fingerprint density at radius 3 is 2.79 bits per heavy atom. The van der Waals surface area contributed by atoms with Crippen LogP contribution in [0.1, 0.15) is 0 Å². The van der Waals surface area contributed by atoms with Gasteiger partial charge in [-0.25, -0.2) is 4.39 Å². The van der Waals surface area contributed by atoms with Gasteiger partial charge in [0.05, 0.1) is 18.9 Å². The van der Waals surface area contributed by atoms with Gasteiger partial charge in [-0.3, -0.25) is 4.90 Å². The van der Waals surface area contributed by atoms with E-state index in [9.17, 15) is 4.39 Å². The summed E-state index contributed by atoms with van der Waals surface area (Å²) >= 11 is 5.13. The van der Waals surface area contributed by atoms with Crippen molar-refractivity contribution >= 4 is 23.0 Å². The Balaban J connectivity index is 1.68. The van der Waals surface area contributed by atoms with Crippen molar-refractivity contribution in [2.24, 2.45) is 0 Å². The van der Waals surface area contributed by atoms with Crippen LogP contribution in [0.5, 0.6) is 0 Å². The van der Waals surface area contributed by atoms with Crippen molar-refractivity contribution in [3.05, 3.63) is 30.1 Å². The number of thiocarbonyl (C=S) groups is 1. The Hall–Kier alpha value is -1.24. The summed E-state index contributed by atoms with van der Waals surface area (Å²) in [5.74, 6) is -0.306. The lowest BCUT2D eigenvalue weighted by atomic mass is 10.3. The van der Waals surface area contributed by atoms with Crippen LogP contribution in [0.15, 0.2) is 24.3 Å². The maximum Gasteiger partial charge on any atom is 0.170 e. The van der Waals surface area contributed by atoms with Gasteiger partial charge in [-0.2, -0.15) is 0 Å². The van der Waals surface area contributed by atoms with Crippen molar-refractivity contribution in [1.29, 1.82) is 0 Å². The molecule has 0 bridgehead atoms. The minimum Gasteiger partial charge on any atom is -0.379 e. The molecule has 1 aromatic carbocycles. The third kappa shape index (κ3) is 4.74. The number of morpholine rings is 1. The summed E-state index contributed by atoms with van der Waals surface area (Å²) < 4.78 is 18.7. The topological polar surface area (TPSA) is 36.5 Å². The fraction of sp³-hybridized carbons (Fsp3) is 0.462. The molecule has 1 aromatic rings. The fourth-order valence-corrected chi connectivity index (χ4v) is 2.09. The van der Waals surface area contributed by atoms with Crippen LogP contribution < -0.4 is 10.6 Å². The van der Waals surface area contributed by atoms with Gasteiger partial charge in [0.2, 0.25) is 0 Å². The minimum absolute atomic E-state index is 0.306. The molecule has 0 spiro atoms. The molecule has 1 saturated heterocycles. The number of hydrogen-bond donors (Lipinski definition) is 2. The Bertz CT molecular complexity index is 424. The molecule has 0 amide bonds. The van der Waals surface area contributed by atoms with E-state index in [-0.39, 0.29) is 5.82 Å². The number of hydrogen-bond acceptors (Lipinski definition) is 3. The zero-order valence-corrected chi connectivity index (χ0v) is 11.5. The van der Waals surface area contributed by atoms with Gasteiger partial charge in [0.15, 0.2) is 5.11 Å². The molecule has 0 saturated carbocycles. The van der Waals surface area contributed by atoms with Crippen LogP contribution in [-0.4, -0.2) is 49.4 Å². The number of anilines is 1. The van der Waals surface area contributed by atoms with E-state index in [0.29, 0.717) is 10.8 Å². The van der Waals surface area contributed by atoms with Crippen molar-refractivity contribution < 1.29 is 9.13 Å². The van der Waals surface area contributed by atoms with Crippen molar-refractivity contribution in [1.82, 2.24) is 10.2 Å². The van der Waals surface area contributed by atoms with Crippen LogP contribution in [-0.2, 0) is 4.74 Å². The monoisotopic (exact) mass is 283 g/mol. The third-order valence-corrected chi connectivity index (χ3v) is 3.19. The molecule has 6 heteroatoms. The first-order valence-electron chi connectivity index (χ1n) is 6.35. The molecule has 2 rings (SSSR count). The number of nitrogens with one attached hydrogen (secondary N) is 2. The molecule has 0 unspecified atom stereocenters. The van der Waals surface area contributed by atoms with Crippen LogP contribution in [0.2, 0.25) is 0 Å². The lowest BCUT2D eigenvalue weighted by Crippen LogP contribution is -2.42. The highest BCUT2D eigenvalue weighted by Gasteiger charge is 2.09.